The van der Waals surface area contributed by atoms with E-state index >= 15 is 0 Å². The molecule has 1 aromatic carbocycles. The van der Waals surface area contributed by atoms with E-state index in [9.17, 15) is 5.11 Å². The molecule has 18 heavy (non-hydrogen) atoms. The van der Waals surface area contributed by atoms with E-state index < -0.39 is 0 Å². The number of phenolic OH excluding ortho intramolecular Hbond substituents is 1. The molecule has 0 amide bonds. The standard InChI is InChI=1S/C14H22N2O2/c1-14(2)10-16(9-13(7-15)18-14)8-11-4-3-5-12(17)6-11/h3-6,13,17H,7-10,15H2,1-2H3. The van der Waals surface area contributed by atoms with Gasteiger partial charge in [0.25, 0.3) is 0 Å². The molecular weight excluding hydrogens is 228 g/mol. The summed E-state index contributed by atoms with van der Waals surface area (Å²) in [5, 5.41) is 9.48. The Bertz CT molecular complexity index is 407. The van der Waals surface area contributed by atoms with Crippen LogP contribution in [-0.2, 0) is 11.3 Å². The third-order valence-corrected chi connectivity index (χ3v) is 3.13. The number of nitrogens with zero attached hydrogens (tertiary/aromatic N) is 1. The number of morpholine rings is 1. The van der Waals surface area contributed by atoms with E-state index in [2.05, 4.69) is 18.7 Å². The fourth-order valence-electron chi connectivity index (χ4n) is 2.57. The number of ether oxygens (including phenoxy) is 1. The first kappa shape index (κ1) is 13.3. The minimum atomic E-state index is -0.168. The molecule has 100 valence electrons. The second kappa shape index (κ2) is 5.26. The Morgan fingerprint density at radius 1 is 1.50 bits per heavy atom. The molecule has 4 nitrogen and oxygen atoms in total. The Morgan fingerprint density at radius 2 is 2.28 bits per heavy atom. The summed E-state index contributed by atoms with van der Waals surface area (Å²) in [6.45, 7) is 7.25. The Hall–Kier alpha value is -1.10. The number of hydrogen-bond acceptors (Lipinski definition) is 4. The van der Waals surface area contributed by atoms with E-state index in [4.69, 9.17) is 10.5 Å². The van der Waals surface area contributed by atoms with E-state index in [1.165, 1.54) is 0 Å². The minimum absolute atomic E-state index is 0.0889. The van der Waals surface area contributed by atoms with Gasteiger partial charge in [0.05, 0.1) is 11.7 Å². The number of rotatable bonds is 3. The van der Waals surface area contributed by atoms with Crippen molar-refractivity contribution in [2.24, 2.45) is 5.73 Å². The third kappa shape index (κ3) is 3.45. The van der Waals surface area contributed by atoms with Gasteiger partial charge < -0.3 is 15.6 Å². The fourth-order valence-corrected chi connectivity index (χ4v) is 2.57. The highest BCUT2D eigenvalue weighted by Gasteiger charge is 2.32. The average Bonchev–Trinajstić information content (AvgIpc) is 2.26. The summed E-state index contributed by atoms with van der Waals surface area (Å²) in [5.74, 6) is 0.315. The number of aromatic hydroxyl groups is 1. The van der Waals surface area contributed by atoms with Crippen molar-refractivity contribution >= 4 is 0 Å². The molecule has 1 unspecified atom stereocenters. The van der Waals surface area contributed by atoms with Crippen LogP contribution in [0.2, 0.25) is 0 Å². The largest absolute Gasteiger partial charge is 0.508 e. The van der Waals surface area contributed by atoms with Crippen LogP contribution in [0.15, 0.2) is 24.3 Å². The van der Waals surface area contributed by atoms with Crippen molar-refractivity contribution in [3.8, 4) is 5.75 Å². The van der Waals surface area contributed by atoms with Gasteiger partial charge in [-0.2, -0.15) is 0 Å². The van der Waals surface area contributed by atoms with E-state index in [1.54, 1.807) is 12.1 Å². The number of hydrogen-bond donors (Lipinski definition) is 2. The highest BCUT2D eigenvalue weighted by atomic mass is 16.5. The molecule has 1 aliphatic heterocycles. The van der Waals surface area contributed by atoms with E-state index in [-0.39, 0.29) is 11.7 Å². The van der Waals surface area contributed by atoms with Crippen LogP contribution >= 0.6 is 0 Å². The van der Waals surface area contributed by atoms with Crippen LogP contribution in [0, 0.1) is 0 Å². The average molecular weight is 250 g/mol. The van der Waals surface area contributed by atoms with E-state index in [0.717, 1.165) is 25.2 Å². The quantitative estimate of drug-likeness (QED) is 0.849. The van der Waals surface area contributed by atoms with Gasteiger partial charge in [-0.1, -0.05) is 12.1 Å². The molecule has 0 aliphatic carbocycles. The molecule has 1 aromatic rings. The number of nitrogens with two attached hydrogens (primary N) is 1. The molecule has 4 heteroatoms. The summed E-state index contributed by atoms with van der Waals surface area (Å²) >= 11 is 0. The van der Waals surface area contributed by atoms with Crippen LogP contribution in [0.4, 0.5) is 0 Å². The summed E-state index contributed by atoms with van der Waals surface area (Å²) in [6.07, 6.45) is 0.0889. The van der Waals surface area contributed by atoms with Crippen LogP contribution in [0.25, 0.3) is 0 Å². The first-order valence-electron chi connectivity index (χ1n) is 6.37. The Kier molecular flexibility index (Phi) is 3.90. The minimum Gasteiger partial charge on any atom is -0.508 e. The molecule has 2 rings (SSSR count). The lowest BCUT2D eigenvalue weighted by atomic mass is 10.0. The molecule has 0 saturated carbocycles. The highest BCUT2D eigenvalue weighted by Crippen LogP contribution is 2.22. The lowest BCUT2D eigenvalue weighted by Gasteiger charge is -2.42. The highest BCUT2D eigenvalue weighted by molar-refractivity contribution is 5.27. The van der Waals surface area contributed by atoms with Crippen molar-refractivity contribution in [1.29, 1.82) is 0 Å². The smallest absolute Gasteiger partial charge is 0.115 e. The third-order valence-electron chi connectivity index (χ3n) is 3.13. The number of benzene rings is 1. The van der Waals surface area contributed by atoms with Gasteiger partial charge in [-0.25, -0.2) is 0 Å². The Balaban J connectivity index is 2.04. The van der Waals surface area contributed by atoms with Crippen molar-refractivity contribution < 1.29 is 9.84 Å². The second-order valence-corrected chi connectivity index (χ2v) is 5.57. The predicted octanol–water partition coefficient (Wildman–Crippen LogP) is 1.33. The van der Waals surface area contributed by atoms with Gasteiger partial charge in [-0.15, -0.1) is 0 Å². The van der Waals surface area contributed by atoms with Crippen molar-refractivity contribution in [2.75, 3.05) is 19.6 Å². The van der Waals surface area contributed by atoms with Crippen molar-refractivity contribution in [1.82, 2.24) is 4.90 Å². The summed E-state index contributed by atoms with van der Waals surface area (Å²) < 4.78 is 5.90. The van der Waals surface area contributed by atoms with Crippen molar-refractivity contribution in [2.45, 2.75) is 32.1 Å². The molecule has 0 bridgehead atoms. The summed E-state index contributed by atoms with van der Waals surface area (Å²) in [7, 11) is 0. The van der Waals surface area contributed by atoms with E-state index in [1.807, 2.05) is 12.1 Å². The summed E-state index contributed by atoms with van der Waals surface area (Å²) in [5.41, 5.74) is 6.66. The van der Waals surface area contributed by atoms with E-state index in [0.29, 0.717) is 12.3 Å². The van der Waals surface area contributed by atoms with Crippen molar-refractivity contribution in [3.63, 3.8) is 0 Å². The summed E-state index contributed by atoms with van der Waals surface area (Å²) in [4.78, 5) is 2.33. The Morgan fingerprint density at radius 3 is 2.94 bits per heavy atom. The molecular formula is C14H22N2O2. The molecule has 1 atom stereocenters. The second-order valence-electron chi connectivity index (χ2n) is 5.57. The molecule has 1 aliphatic rings. The SMILES string of the molecule is CC1(C)CN(Cc2cccc(O)c2)CC(CN)O1. The first-order chi connectivity index (χ1) is 8.48. The van der Waals surface area contributed by atoms with Crippen LogP contribution in [-0.4, -0.2) is 41.3 Å². The zero-order valence-corrected chi connectivity index (χ0v) is 11.1. The molecule has 3 N–H and O–H groups in total. The molecule has 1 heterocycles. The normalized spacial score (nSPS) is 24.1. The zero-order chi connectivity index (χ0) is 13.2. The van der Waals surface area contributed by atoms with Gasteiger partial charge in [0.15, 0.2) is 0 Å². The molecule has 0 spiro atoms. The lowest BCUT2D eigenvalue weighted by Crippen LogP contribution is -2.54. The molecule has 0 aromatic heterocycles. The summed E-state index contributed by atoms with van der Waals surface area (Å²) in [6, 6.07) is 7.39. The monoisotopic (exact) mass is 250 g/mol. The van der Waals surface area contributed by atoms with Crippen molar-refractivity contribution in [3.05, 3.63) is 29.8 Å². The Labute approximate surface area is 108 Å². The maximum atomic E-state index is 9.48. The first-order valence-corrected chi connectivity index (χ1v) is 6.37. The number of phenols is 1. The van der Waals surface area contributed by atoms with Gasteiger partial charge in [-0.3, -0.25) is 4.90 Å². The van der Waals surface area contributed by atoms with Gasteiger partial charge in [-0.05, 0) is 31.5 Å². The molecule has 0 radical (unpaired) electrons. The lowest BCUT2D eigenvalue weighted by molar-refractivity contribution is -0.133. The fraction of sp³-hybridized carbons (Fsp3) is 0.571. The topological polar surface area (TPSA) is 58.7 Å². The molecule has 1 saturated heterocycles. The van der Waals surface area contributed by atoms with Crippen LogP contribution in [0.3, 0.4) is 0 Å². The van der Waals surface area contributed by atoms with Crippen LogP contribution < -0.4 is 5.73 Å². The maximum Gasteiger partial charge on any atom is 0.115 e. The molecule has 1 fully saturated rings. The van der Waals surface area contributed by atoms with Gasteiger partial charge in [0.1, 0.15) is 5.75 Å². The van der Waals surface area contributed by atoms with Gasteiger partial charge in [0.2, 0.25) is 0 Å². The van der Waals surface area contributed by atoms with Crippen LogP contribution in [0.1, 0.15) is 19.4 Å². The predicted molar refractivity (Wildman–Crippen MR) is 71.4 cm³/mol. The van der Waals surface area contributed by atoms with Crippen LogP contribution in [0.5, 0.6) is 5.75 Å². The maximum absolute atomic E-state index is 9.48. The van der Waals surface area contributed by atoms with Gasteiger partial charge in [0, 0.05) is 26.2 Å². The zero-order valence-electron chi connectivity index (χ0n) is 11.1. The van der Waals surface area contributed by atoms with Gasteiger partial charge >= 0.3 is 0 Å².